The minimum absolute atomic E-state index is 0.0667. The van der Waals surface area contributed by atoms with Gasteiger partial charge >= 0.3 is 30.6 Å². The van der Waals surface area contributed by atoms with Gasteiger partial charge in [-0.1, -0.05) is 182 Å². The maximum atomic E-state index is 14.4. The zero-order valence-corrected chi connectivity index (χ0v) is 77.2. The molecule has 3 saturated heterocycles. The molecule has 0 saturated carbocycles. The van der Waals surface area contributed by atoms with Gasteiger partial charge in [0.2, 0.25) is 0 Å². The van der Waals surface area contributed by atoms with Crippen LogP contribution in [-0.4, -0.2) is 208 Å². The predicted molar refractivity (Wildman–Crippen MR) is 512 cm³/mol. The van der Waals surface area contributed by atoms with Gasteiger partial charge in [-0.05, 0) is 138 Å². The third-order valence-electron chi connectivity index (χ3n) is 23.5. The lowest BCUT2D eigenvalue weighted by Gasteiger charge is -2.37. The molecule has 3 aliphatic rings. The first kappa shape index (κ1) is 95.3. The summed E-state index contributed by atoms with van der Waals surface area (Å²) in [5, 5.41) is 18.6. The summed E-state index contributed by atoms with van der Waals surface area (Å²) in [4.78, 5) is 135. The number of nitrogens with zero attached hydrogens (tertiary/aromatic N) is 12. The summed E-state index contributed by atoms with van der Waals surface area (Å²) in [6.07, 6.45) is -6.79. The van der Waals surface area contributed by atoms with E-state index in [0.717, 1.165) is 16.7 Å². The number of imidazole rings is 3. The van der Waals surface area contributed by atoms with Crippen LogP contribution in [0.25, 0.3) is 33.5 Å². The van der Waals surface area contributed by atoms with E-state index < -0.39 is 141 Å². The molecule has 3 fully saturated rings. The molecular weight excluding hydrogens is 1850 g/mol. The van der Waals surface area contributed by atoms with Crippen LogP contribution < -0.4 is 25.4 Å². The zero-order chi connectivity index (χ0) is 97.5. The monoisotopic (exact) mass is 1940 g/mol. The van der Waals surface area contributed by atoms with Crippen molar-refractivity contribution in [3.05, 3.63) is 385 Å². The Morgan fingerprint density at radius 2 is 0.652 bits per heavy atom. The normalized spacial score (nSPS) is 19.7. The van der Waals surface area contributed by atoms with Crippen molar-refractivity contribution >= 4 is 111 Å². The van der Waals surface area contributed by atoms with Crippen molar-refractivity contribution < 1.29 is 104 Å². The number of aliphatic hydroxyl groups excluding tert-OH is 1. The van der Waals surface area contributed by atoms with Crippen molar-refractivity contribution in [2.24, 2.45) is 0 Å². The molecule has 6 aromatic heterocycles. The summed E-state index contributed by atoms with van der Waals surface area (Å²) < 4.78 is 94.2. The maximum absolute atomic E-state index is 14.4. The molecule has 0 bridgehead atoms. The van der Waals surface area contributed by atoms with Gasteiger partial charge in [0.1, 0.15) is 66.6 Å². The van der Waals surface area contributed by atoms with Gasteiger partial charge in [-0.15, -0.1) is 0 Å². The molecular formula is C102H88N15O22PS. The number of benzene rings is 10. The topological polar surface area (TPSA) is 436 Å². The Hall–Kier alpha value is -16.0. The second-order valence-electron chi connectivity index (χ2n) is 31.9. The second kappa shape index (κ2) is 43.4. The van der Waals surface area contributed by atoms with Crippen LogP contribution >= 0.6 is 6.72 Å². The van der Waals surface area contributed by atoms with Gasteiger partial charge in [-0.3, -0.25) is 32.6 Å². The lowest BCUT2D eigenvalue weighted by Crippen LogP contribution is -2.41. The number of fused-ring (bicyclic) bond motifs is 3. The van der Waals surface area contributed by atoms with E-state index in [9.17, 15) is 38.7 Å². The van der Waals surface area contributed by atoms with E-state index in [1.54, 1.807) is 231 Å². The summed E-state index contributed by atoms with van der Waals surface area (Å²) in [7, 11) is 5.99. The molecule has 0 radical (unpaired) electrons. The number of aliphatic hydroxyl groups is 1. The van der Waals surface area contributed by atoms with Crippen LogP contribution in [0.2, 0.25) is 0 Å². The molecule has 9 heterocycles. The van der Waals surface area contributed by atoms with Crippen LogP contribution in [0.5, 0.6) is 11.5 Å². The first-order valence-electron chi connectivity index (χ1n) is 44.2. The molecule has 13 atom stereocenters. The average molecular weight is 1940 g/mol. The Morgan fingerprint density at radius 3 is 0.979 bits per heavy atom. The highest BCUT2D eigenvalue weighted by molar-refractivity contribution is 8.07. The lowest BCUT2D eigenvalue weighted by molar-refractivity contribution is -0.0981. The Labute approximate surface area is 809 Å². The molecule has 37 nitrogen and oxygen atoms in total. The van der Waals surface area contributed by atoms with Gasteiger partial charge in [-0.25, -0.2) is 64.0 Å². The third kappa shape index (κ3) is 20.7. The third-order valence-corrected chi connectivity index (χ3v) is 26.0. The van der Waals surface area contributed by atoms with Crippen molar-refractivity contribution in [3.63, 3.8) is 0 Å². The summed E-state index contributed by atoms with van der Waals surface area (Å²) >= 11 is 6.35. The van der Waals surface area contributed by atoms with Gasteiger partial charge < -0.3 is 82.2 Å². The van der Waals surface area contributed by atoms with E-state index in [1.807, 2.05) is 78.9 Å². The van der Waals surface area contributed by atoms with E-state index in [4.69, 9.17) is 82.5 Å². The van der Waals surface area contributed by atoms with Crippen LogP contribution in [-0.2, 0) is 73.6 Å². The van der Waals surface area contributed by atoms with E-state index in [-0.39, 0.29) is 79.8 Å². The number of nitrogens with one attached hydrogen (secondary N) is 3. The zero-order valence-electron chi connectivity index (χ0n) is 75.5. The van der Waals surface area contributed by atoms with E-state index in [1.165, 1.54) is 61.3 Å². The van der Waals surface area contributed by atoms with Crippen molar-refractivity contribution in [3.8, 4) is 11.5 Å². The lowest BCUT2D eigenvalue weighted by atomic mass is 9.80. The standard InChI is InChI=1S/C71H63N10O15PS.C31H25N5O7/c1-86-51-34-30-49(31-35-51)71(48-28-18-9-19-29-48,50-32-36-52(87-2)37-33-50)90-38-53-57(88-3)60(68(92-53)81-43-77-56-62(73-41-75-64(56)81)79-66(83)45-22-12-6-13-23-45)96-97(98,89-4)91-39-54-58(94-69(84)46-24-14-7-15-25-46)59(95-70(85)47-26-16-8-17-27-47)67(93-54)80-42-76-55-61(72-40-74-63(55)80)78-65(82)44-20-10-5-11-21-44;37-16-22-24(42-30(39)20-12-6-2-7-13-20)25(43-31(40)21-14-8-3-9-15-21)29(41-22)36-18-34-23-26(32-17-33-27(23)36)35-28(38)19-10-4-1-5-11-19/h5-37,40-43,53-54,57-60,67-68H,38-39H2,1-4H3,(H,72,74,78,82)(H,73,75,79,83);1-15,17-18,22,24-25,29,37H,16H2,(H,32,33,35,38)/t53-,54-,57-,58-,59-,60-,67-,68-,97?;22-,24-,25-,29-/m11/s1. The molecule has 10 aromatic carbocycles. The van der Waals surface area contributed by atoms with Crippen LogP contribution in [0.4, 0.5) is 17.5 Å². The van der Waals surface area contributed by atoms with Gasteiger partial charge in [0.05, 0.1) is 75.3 Å². The van der Waals surface area contributed by atoms with Crippen molar-refractivity contribution in [2.75, 3.05) is 64.2 Å². The highest BCUT2D eigenvalue weighted by atomic mass is 32.5. The van der Waals surface area contributed by atoms with Crippen LogP contribution in [0.15, 0.2) is 329 Å². The number of methoxy groups -OCH3 is 3. The Morgan fingerprint density at radius 1 is 0.355 bits per heavy atom. The molecule has 3 amide bonds. The smallest absolute Gasteiger partial charge is 0.338 e. The van der Waals surface area contributed by atoms with Crippen LogP contribution in [0, 0.1) is 0 Å². The number of carbonyl (C=O) groups is 7. The molecule has 39 heteroatoms. The number of anilines is 3. The number of aromatic nitrogens is 12. The van der Waals surface area contributed by atoms with Gasteiger partial charge in [0.25, 0.3) is 17.7 Å². The van der Waals surface area contributed by atoms with E-state index >= 15 is 0 Å². The molecule has 1 unspecified atom stereocenters. The van der Waals surface area contributed by atoms with E-state index in [0.29, 0.717) is 28.2 Å². The molecule has 4 N–H and O–H groups in total. The molecule has 0 spiro atoms. The second-order valence-corrected chi connectivity index (χ2v) is 35.0. The fourth-order valence-corrected chi connectivity index (χ4v) is 18.2. The van der Waals surface area contributed by atoms with Crippen molar-refractivity contribution in [1.29, 1.82) is 0 Å². The van der Waals surface area contributed by atoms with Crippen molar-refractivity contribution in [2.45, 2.75) is 79.2 Å². The van der Waals surface area contributed by atoms with Crippen molar-refractivity contribution in [1.82, 2.24) is 58.6 Å². The Bertz CT molecular complexity index is 7100. The minimum atomic E-state index is -4.15. The summed E-state index contributed by atoms with van der Waals surface area (Å²) in [5.74, 6) is -2.68. The number of rotatable bonds is 33. The largest absolute Gasteiger partial charge is 0.497 e. The molecule has 141 heavy (non-hydrogen) atoms. The number of ether oxygens (including phenoxy) is 11. The fourth-order valence-electron chi connectivity index (χ4n) is 16.6. The number of hydrogen-bond acceptors (Lipinski definition) is 32. The van der Waals surface area contributed by atoms with Crippen LogP contribution in [0.1, 0.15) is 108 Å². The predicted octanol–water partition coefficient (Wildman–Crippen LogP) is 14.1. The SMILES string of the molecule is COc1ccc(C(OC[C@H]2O[C@@H](n3cnc4c(NC(=O)c5ccccc5)ncnc43)[C@H](OP(=S)(OC)OC[C@H]3O[C@@H](n4cnc5c(NC(=O)c6ccccc6)ncnc54)[C@H](OC(=O)c4ccccc4)[C@@H]3OC(=O)c3ccccc3)[C@@H]2OC)(c2ccccc2)c2ccc(OC)cc2)cc1.O=C(Nc1ncnc2c1ncn2[C@@H]1O[C@H](CO)[C@@H](OC(=O)c2ccccc2)[C@H]1OC(=O)c1ccccc1)c1ccccc1. The Balaban J connectivity index is 0.000000253. The fraction of sp³-hybridized carbons (Fsp3) is 0.196. The maximum Gasteiger partial charge on any atom is 0.338 e. The number of esters is 4. The number of amides is 3. The summed E-state index contributed by atoms with van der Waals surface area (Å²) in [6.45, 7) is -5.41. The van der Waals surface area contributed by atoms with Gasteiger partial charge in [0.15, 0.2) is 94.0 Å². The first-order valence-corrected chi connectivity index (χ1v) is 46.7. The Kier molecular flexibility index (Phi) is 29.3. The summed E-state index contributed by atoms with van der Waals surface area (Å²) in [5.41, 5.74) is 4.17. The quantitative estimate of drug-likeness (QED) is 0.0128. The first-order chi connectivity index (χ1) is 68.9. The van der Waals surface area contributed by atoms with Gasteiger partial charge in [-0.2, -0.15) is 0 Å². The molecule has 0 aliphatic carbocycles. The van der Waals surface area contributed by atoms with Crippen LogP contribution in [0.3, 0.4) is 0 Å². The molecule has 714 valence electrons. The minimum Gasteiger partial charge on any atom is -0.497 e. The van der Waals surface area contributed by atoms with Gasteiger partial charge in [0, 0.05) is 30.9 Å². The average Bonchev–Trinajstić information content (AvgIpc) is 1.66. The molecule has 19 rings (SSSR count). The number of carbonyl (C=O) groups excluding carboxylic acids is 7. The highest BCUT2D eigenvalue weighted by Gasteiger charge is 2.56. The molecule has 3 aliphatic heterocycles. The molecule has 16 aromatic rings. The van der Waals surface area contributed by atoms with E-state index in [2.05, 4.69) is 55.8 Å². The number of hydrogen-bond donors (Lipinski definition) is 4. The highest BCUT2D eigenvalue weighted by Crippen LogP contribution is 2.56. The summed E-state index contributed by atoms with van der Waals surface area (Å²) in [6, 6.07) is 83.7.